The van der Waals surface area contributed by atoms with Crippen LogP contribution in [0.5, 0.6) is 0 Å². The minimum absolute atomic E-state index is 0.184. The summed E-state index contributed by atoms with van der Waals surface area (Å²) in [7, 11) is 0. The molecule has 1 N–H and O–H groups in total. The molecule has 0 saturated heterocycles. The first kappa shape index (κ1) is 15.6. The third-order valence-electron chi connectivity index (χ3n) is 4.24. The highest BCUT2D eigenvalue weighted by Gasteiger charge is 2.25. The first-order valence-electron chi connectivity index (χ1n) is 7.59. The van der Waals surface area contributed by atoms with Gasteiger partial charge in [-0.05, 0) is 43.6 Å². The number of alkyl halides is 1. The Labute approximate surface area is 130 Å². The molecule has 1 aliphatic carbocycles. The van der Waals surface area contributed by atoms with E-state index in [2.05, 4.69) is 40.3 Å². The van der Waals surface area contributed by atoms with E-state index < -0.39 is 0 Å². The first-order chi connectivity index (χ1) is 9.69. The maximum atomic E-state index is 12.3. The van der Waals surface area contributed by atoms with Crippen molar-refractivity contribution in [3.63, 3.8) is 0 Å². The second-order valence-corrected chi connectivity index (χ2v) is 6.65. The van der Waals surface area contributed by atoms with Gasteiger partial charge in [0.1, 0.15) is 0 Å². The number of hydrogen-bond donors (Lipinski definition) is 1. The topological polar surface area (TPSA) is 29.1 Å². The van der Waals surface area contributed by atoms with Gasteiger partial charge in [0, 0.05) is 17.3 Å². The molecule has 2 nitrogen and oxygen atoms in total. The molecule has 20 heavy (non-hydrogen) atoms. The van der Waals surface area contributed by atoms with Crippen LogP contribution in [0, 0.1) is 11.8 Å². The van der Waals surface area contributed by atoms with Gasteiger partial charge in [-0.15, -0.1) is 0 Å². The number of rotatable bonds is 5. The highest BCUT2D eigenvalue weighted by molar-refractivity contribution is 9.09. The Kier molecular flexibility index (Phi) is 6.08. The van der Waals surface area contributed by atoms with Crippen molar-refractivity contribution in [2.75, 3.05) is 5.33 Å². The van der Waals surface area contributed by atoms with Gasteiger partial charge < -0.3 is 5.32 Å². The molecule has 0 aliphatic heterocycles. The Morgan fingerprint density at radius 1 is 1.25 bits per heavy atom. The molecule has 2 rings (SSSR count). The summed E-state index contributed by atoms with van der Waals surface area (Å²) in [6.07, 6.45) is 5.37. The smallest absolute Gasteiger partial charge is 0.223 e. The van der Waals surface area contributed by atoms with Crippen molar-refractivity contribution < 1.29 is 4.79 Å². The average Bonchev–Trinajstić information content (AvgIpc) is 2.48. The van der Waals surface area contributed by atoms with Gasteiger partial charge >= 0.3 is 0 Å². The number of carbonyl (C=O) groups is 1. The van der Waals surface area contributed by atoms with Crippen molar-refractivity contribution in [2.24, 2.45) is 11.8 Å². The number of nitrogens with one attached hydrogen (secondary N) is 1. The summed E-state index contributed by atoms with van der Waals surface area (Å²) in [6, 6.07) is 10.5. The lowest BCUT2D eigenvalue weighted by Crippen LogP contribution is -2.42. The molecule has 1 saturated carbocycles. The zero-order valence-corrected chi connectivity index (χ0v) is 13.7. The summed E-state index contributed by atoms with van der Waals surface area (Å²) in [4.78, 5) is 12.3. The predicted octanol–water partition coefficient (Wildman–Crippen LogP) is 3.94. The van der Waals surface area contributed by atoms with Crippen LogP contribution in [0.3, 0.4) is 0 Å². The average molecular weight is 338 g/mol. The molecule has 0 spiro atoms. The first-order valence-corrected chi connectivity index (χ1v) is 8.71. The summed E-state index contributed by atoms with van der Waals surface area (Å²) in [5.74, 6) is 1.26. The molecule has 1 aromatic rings. The van der Waals surface area contributed by atoms with Gasteiger partial charge in [-0.1, -0.05) is 53.2 Å². The summed E-state index contributed by atoms with van der Waals surface area (Å²) in [5, 5.41) is 4.02. The van der Waals surface area contributed by atoms with Crippen LogP contribution in [-0.2, 0) is 11.2 Å². The number of carbonyl (C=O) groups excluding carboxylic acids is 1. The van der Waals surface area contributed by atoms with Gasteiger partial charge in [-0.25, -0.2) is 0 Å². The fraction of sp³-hybridized carbons (Fsp3) is 0.588. The summed E-state index contributed by atoms with van der Waals surface area (Å²) in [6.45, 7) is 2.28. The van der Waals surface area contributed by atoms with E-state index in [1.165, 1.54) is 18.4 Å². The molecule has 110 valence electrons. The zero-order chi connectivity index (χ0) is 14.4. The van der Waals surface area contributed by atoms with E-state index in [-0.39, 0.29) is 17.9 Å². The zero-order valence-electron chi connectivity index (χ0n) is 12.1. The molecule has 1 amide bonds. The molecule has 0 aromatic heterocycles. The van der Waals surface area contributed by atoms with Gasteiger partial charge in [0.2, 0.25) is 5.91 Å². The van der Waals surface area contributed by atoms with Crippen molar-refractivity contribution in [3.8, 4) is 0 Å². The Morgan fingerprint density at radius 2 is 1.90 bits per heavy atom. The third kappa shape index (κ3) is 4.62. The summed E-state index contributed by atoms with van der Waals surface area (Å²) >= 11 is 3.52. The predicted molar refractivity (Wildman–Crippen MR) is 87.0 cm³/mol. The normalized spacial score (nSPS) is 24.1. The van der Waals surface area contributed by atoms with Gasteiger partial charge in [-0.2, -0.15) is 0 Å². The number of hydrogen-bond acceptors (Lipinski definition) is 1. The van der Waals surface area contributed by atoms with E-state index in [0.717, 1.165) is 30.5 Å². The van der Waals surface area contributed by atoms with E-state index in [1.54, 1.807) is 0 Å². The lowest BCUT2D eigenvalue weighted by atomic mass is 9.82. The molecule has 1 atom stereocenters. The van der Waals surface area contributed by atoms with Crippen molar-refractivity contribution in [3.05, 3.63) is 35.9 Å². The molecule has 1 aromatic carbocycles. The molecular weight excluding hydrogens is 314 g/mol. The van der Waals surface area contributed by atoms with Crippen LogP contribution in [0.1, 0.15) is 38.2 Å². The van der Waals surface area contributed by atoms with Crippen LogP contribution in [0.25, 0.3) is 0 Å². The van der Waals surface area contributed by atoms with Gasteiger partial charge in [0.25, 0.3) is 0 Å². The lowest BCUT2D eigenvalue weighted by Gasteiger charge is -2.27. The second-order valence-electron chi connectivity index (χ2n) is 6.01. The van der Waals surface area contributed by atoms with Gasteiger partial charge in [0.15, 0.2) is 0 Å². The molecule has 0 radical (unpaired) electrons. The molecular formula is C17H24BrNO. The van der Waals surface area contributed by atoms with E-state index in [1.807, 2.05) is 18.2 Å². The number of benzene rings is 1. The Morgan fingerprint density at radius 3 is 2.50 bits per heavy atom. The largest absolute Gasteiger partial charge is 0.352 e. The molecule has 0 heterocycles. The summed E-state index contributed by atoms with van der Waals surface area (Å²) in [5.41, 5.74) is 1.27. The third-order valence-corrected chi connectivity index (χ3v) is 5.03. The fourth-order valence-electron chi connectivity index (χ4n) is 2.88. The van der Waals surface area contributed by atoms with E-state index in [0.29, 0.717) is 0 Å². The molecule has 0 bridgehead atoms. The van der Waals surface area contributed by atoms with E-state index >= 15 is 0 Å². The Hall–Kier alpha value is -0.830. The minimum Gasteiger partial charge on any atom is -0.352 e. The monoisotopic (exact) mass is 337 g/mol. The Balaban J connectivity index is 1.85. The SMILES string of the molecule is CC1CCC(C(=O)NC(CBr)Cc2ccccc2)CC1. The molecule has 1 unspecified atom stereocenters. The van der Waals surface area contributed by atoms with Crippen LogP contribution >= 0.6 is 15.9 Å². The van der Waals surface area contributed by atoms with E-state index in [9.17, 15) is 4.79 Å². The molecule has 1 aliphatic rings. The van der Waals surface area contributed by atoms with Gasteiger partial charge in [-0.3, -0.25) is 4.79 Å². The van der Waals surface area contributed by atoms with Gasteiger partial charge in [0.05, 0.1) is 0 Å². The van der Waals surface area contributed by atoms with Crippen molar-refractivity contribution in [2.45, 2.75) is 45.1 Å². The fourth-order valence-corrected chi connectivity index (χ4v) is 3.27. The van der Waals surface area contributed by atoms with Crippen molar-refractivity contribution in [1.29, 1.82) is 0 Å². The van der Waals surface area contributed by atoms with Crippen LogP contribution in [-0.4, -0.2) is 17.3 Å². The second kappa shape index (κ2) is 7.82. The standard InChI is InChI=1S/C17H24BrNO/c1-13-7-9-15(10-8-13)17(20)19-16(12-18)11-14-5-3-2-4-6-14/h2-6,13,15-16H,7-12H2,1H3,(H,19,20). The van der Waals surface area contributed by atoms with E-state index in [4.69, 9.17) is 0 Å². The maximum absolute atomic E-state index is 12.3. The summed E-state index contributed by atoms with van der Waals surface area (Å²) < 4.78 is 0. The molecule has 1 fully saturated rings. The van der Waals surface area contributed by atoms with Crippen LogP contribution < -0.4 is 5.32 Å². The maximum Gasteiger partial charge on any atom is 0.223 e. The highest BCUT2D eigenvalue weighted by Crippen LogP contribution is 2.28. The Bertz CT molecular complexity index is 412. The quantitative estimate of drug-likeness (QED) is 0.810. The van der Waals surface area contributed by atoms with Crippen LogP contribution in [0.4, 0.5) is 0 Å². The lowest BCUT2D eigenvalue weighted by molar-refractivity contribution is -0.126. The molecule has 3 heteroatoms. The highest BCUT2D eigenvalue weighted by atomic mass is 79.9. The van der Waals surface area contributed by atoms with Crippen LogP contribution in [0.15, 0.2) is 30.3 Å². The number of halogens is 1. The van der Waals surface area contributed by atoms with Crippen molar-refractivity contribution in [1.82, 2.24) is 5.32 Å². The number of amides is 1. The van der Waals surface area contributed by atoms with Crippen LogP contribution in [0.2, 0.25) is 0 Å². The van der Waals surface area contributed by atoms with Crippen molar-refractivity contribution >= 4 is 21.8 Å². The minimum atomic E-state index is 0.184.